The summed E-state index contributed by atoms with van der Waals surface area (Å²) < 4.78 is 15.9. The van der Waals surface area contributed by atoms with E-state index in [4.69, 9.17) is 14.2 Å². The Morgan fingerprint density at radius 1 is 0.853 bits per heavy atom. The number of hydrogen-bond donors (Lipinski definition) is 1. The maximum absolute atomic E-state index is 13.3. The van der Waals surface area contributed by atoms with Crippen molar-refractivity contribution < 1.29 is 28.9 Å². The second kappa shape index (κ2) is 9.70. The summed E-state index contributed by atoms with van der Waals surface area (Å²) in [7, 11) is 4.55. The highest BCUT2D eigenvalue weighted by atomic mass is 16.5. The number of aliphatic hydroxyl groups excluding tert-OH is 1. The van der Waals surface area contributed by atoms with E-state index in [-0.39, 0.29) is 23.4 Å². The molecule has 1 N–H and O–H groups in total. The lowest BCUT2D eigenvalue weighted by Gasteiger charge is -2.25. The number of carbonyl (C=O) groups is 2. The molecule has 174 valence electrons. The van der Waals surface area contributed by atoms with E-state index in [1.807, 2.05) is 42.5 Å². The van der Waals surface area contributed by atoms with Crippen LogP contribution in [0.3, 0.4) is 0 Å². The van der Waals surface area contributed by atoms with Crippen LogP contribution in [0.25, 0.3) is 5.76 Å². The molecule has 0 spiro atoms. The Labute approximate surface area is 197 Å². The van der Waals surface area contributed by atoms with Crippen LogP contribution in [0.5, 0.6) is 17.2 Å². The number of Topliss-reactive ketones (excluding diaryl/α,β-unsaturated/α-hetero) is 1. The van der Waals surface area contributed by atoms with Gasteiger partial charge in [-0.05, 0) is 41.5 Å². The third-order valence-electron chi connectivity index (χ3n) is 5.83. The number of methoxy groups -OCH3 is 3. The van der Waals surface area contributed by atoms with Gasteiger partial charge < -0.3 is 24.2 Å². The van der Waals surface area contributed by atoms with E-state index in [2.05, 4.69) is 0 Å². The summed E-state index contributed by atoms with van der Waals surface area (Å²) in [4.78, 5) is 27.9. The minimum Gasteiger partial charge on any atom is -0.507 e. The standard InChI is InChI=1S/C27H25NO6/c1-32-19-11-9-17(10-12-19)16-28-24(18-7-5-4-6-8-18)23(26(30)27(28)31)25(29)21-15-20(33-2)13-14-22(21)34-3/h4-15,24,29H,16H2,1-3H3/b25-23+. The second-order valence-electron chi connectivity index (χ2n) is 7.75. The Balaban J connectivity index is 1.86. The summed E-state index contributed by atoms with van der Waals surface area (Å²) in [6.07, 6.45) is 0. The summed E-state index contributed by atoms with van der Waals surface area (Å²) >= 11 is 0. The largest absolute Gasteiger partial charge is 0.507 e. The number of likely N-dealkylation sites (tertiary alicyclic amines) is 1. The van der Waals surface area contributed by atoms with Gasteiger partial charge in [0, 0.05) is 6.54 Å². The van der Waals surface area contributed by atoms with Gasteiger partial charge in [0.05, 0.1) is 38.5 Å². The van der Waals surface area contributed by atoms with Gasteiger partial charge >= 0.3 is 0 Å². The molecular weight excluding hydrogens is 434 g/mol. The van der Waals surface area contributed by atoms with Crippen LogP contribution in [0.2, 0.25) is 0 Å². The molecule has 1 unspecified atom stereocenters. The van der Waals surface area contributed by atoms with Crippen molar-refractivity contribution in [2.24, 2.45) is 0 Å². The molecule has 7 heteroatoms. The number of hydrogen-bond acceptors (Lipinski definition) is 6. The normalized spacial score (nSPS) is 17.0. The zero-order valence-electron chi connectivity index (χ0n) is 19.1. The highest BCUT2D eigenvalue weighted by molar-refractivity contribution is 6.46. The minimum atomic E-state index is -0.779. The number of ketones is 1. The van der Waals surface area contributed by atoms with Crippen molar-refractivity contribution in [3.05, 3.63) is 95.1 Å². The van der Waals surface area contributed by atoms with Crippen molar-refractivity contribution in [3.63, 3.8) is 0 Å². The van der Waals surface area contributed by atoms with Gasteiger partial charge in [-0.25, -0.2) is 0 Å². The van der Waals surface area contributed by atoms with E-state index in [1.54, 1.807) is 37.4 Å². The zero-order valence-corrected chi connectivity index (χ0v) is 19.1. The molecule has 1 saturated heterocycles. The van der Waals surface area contributed by atoms with E-state index in [9.17, 15) is 14.7 Å². The molecule has 3 aromatic rings. The molecule has 1 atom stereocenters. The maximum Gasteiger partial charge on any atom is 0.295 e. The molecule has 7 nitrogen and oxygen atoms in total. The zero-order chi connectivity index (χ0) is 24.2. The van der Waals surface area contributed by atoms with Gasteiger partial charge in [0.15, 0.2) is 0 Å². The number of nitrogens with zero attached hydrogens (tertiary/aromatic N) is 1. The monoisotopic (exact) mass is 459 g/mol. The molecule has 0 saturated carbocycles. The molecule has 1 aliphatic heterocycles. The third kappa shape index (κ3) is 4.20. The van der Waals surface area contributed by atoms with Crippen molar-refractivity contribution >= 4 is 17.4 Å². The summed E-state index contributed by atoms with van der Waals surface area (Å²) in [5.41, 5.74) is 1.79. The minimum absolute atomic E-state index is 0.00346. The van der Waals surface area contributed by atoms with Crippen LogP contribution in [0.15, 0.2) is 78.4 Å². The average molecular weight is 459 g/mol. The Kier molecular flexibility index (Phi) is 6.54. The summed E-state index contributed by atoms with van der Waals surface area (Å²) in [5, 5.41) is 11.4. The van der Waals surface area contributed by atoms with Crippen LogP contribution in [0.1, 0.15) is 22.7 Å². The Morgan fingerprint density at radius 3 is 2.12 bits per heavy atom. The number of aliphatic hydroxyl groups is 1. The van der Waals surface area contributed by atoms with Gasteiger partial charge in [-0.1, -0.05) is 42.5 Å². The molecule has 1 amide bonds. The molecule has 0 radical (unpaired) electrons. The fraction of sp³-hybridized carbons (Fsp3) is 0.185. The van der Waals surface area contributed by atoms with Gasteiger partial charge in [-0.2, -0.15) is 0 Å². The van der Waals surface area contributed by atoms with Crippen LogP contribution < -0.4 is 14.2 Å². The van der Waals surface area contributed by atoms with Crippen LogP contribution in [0, 0.1) is 0 Å². The molecule has 0 aromatic heterocycles. The Morgan fingerprint density at radius 2 is 1.50 bits per heavy atom. The highest BCUT2D eigenvalue weighted by Gasteiger charge is 2.46. The van der Waals surface area contributed by atoms with E-state index in [0.717, 1.165) is 5.56 Å². The first-order valence-corrected chi connectivity index (χ1v) is 10.7. The fourth-order valence-electron chi connectivity index (χ4n) is 4.10. The van der Waals surface area contributed by atoms with Crippen LogP contribution in [0.4, 0.5) is 0 Å². The number of carbonyl (C=O) groups excluding carboxylic acids is 2. The summed E-state index contributed by atoms with van der Waals surface area (Å²) in [6, 6.07) is 20.6. The van der Waals surface area contributed by atoms with Gasteiger partial charge in [-0.3, -0.25) is 9.59 Å². The Bertz CT molecular complexity index is 1230. The van der Waals surface area contributed by atoms with Crippen molar-refractivity contribution in [1.29, 1.82) is 0 Å². The van der Waals surface area contributed by atoms with Crippen molar-refractivity contribution in [2.45, 2.75) is 12.6 Å². The molecule has 4 rings (SSSR count). The summed E-state index contributed by atoms with van der Waals surface area (Å²) in [5.74, 6) is -0.244. The number of rotatable bonds is 7. The van der Waals surface area contributed by atoms with Gasteiger partial charge in [0.25, 0.3) is 11.7 Å². The van der Waals surface area contributed by atoms with Crippen LogP contribution >= 0.6 is 0 Å². The van der Waals surface area contributed by atoms with Crippen molar-refractivity contribution in [2.75, 3.05) is 21.3 Å². The lowest BCUT2D eigenvalue weighted by molar-refractivity contribution is -0.140. The SMILES string of the molecule is COc1ccc(CN2C(=O)C(=O)/C(=C(/O)c3cc(OC)ccc3OC)C2c2ccccc2)cc1. The van der Waals surface area contributed by atoms with Crippen LogP contribution in [-0.4, -0.2) is 43.0 Å². The predicted octanol–water partition coefficient (Wildman–Crippen LogP) is 4.33. The number of amides is 1. The maximum atomic E-state index is 13.3. The lowest BCUT2D eigenvalue weighted by Crippen LogP contribution is -2.29. The van der Waals surface area contributed by atoms with Crippen molar-refractivity contribution in [1.82, 2.24) is 4.90 Å². The number of ether oxygens (including phenoxy) is 3. The smallest absolute Gasteiger partial charge is 0.295 e. The van der Waals surface area contributed by atoms with Gasteiger partial charge in [0.2, 0.25) is 0 Å². The van der Waals surface area contributed by atoms with E-state index in [0.29, 0.717) is 22.8 Å². The van der Waals surface area contributed by atoms with E-state index >= 15 is 0 Å². The van der Waals surface area contributed by atoms with E-state index < -0.39 is 17.7 Å². The quantitative estimate of drug-likeness (QED) is 0.322. The number of benzene rings is 3. The first-order chi connectivity index (χ1) is 16.5. The third-order valence-corrected chi connectivity index (χ3v) is 5.83. The van der Waals surface area contributed by atoms with Crippen LogP contribution in [-0.2, 0) is 16.1 Å². The molecule has 0 aliphatic carbocycles. The fourth-order valence-corrected chi connectivity index (χ4v) is 4.10. The highest BCUT2D eigenvalue weighted by Crippen LogP contribution is 2.42. The molecule has 1 heterocycles. The predicted molar refractivity (Wildman–Crippen MR) is 127 cm³/mol. The van der Waals surface area contributed by atoms with Crippen molar-refractivity contribution in [3.8, 4) is 17.2 Å². The summed E-state index contributed by atoms with van der Waals surface area (Å²) in [6.45, 7) is 0.181. The first kappa shape index (κ1) is 22.9. The van der Waals surface area contributed by atoms with Gasteiger partial charge in [0.1, 0.15) is 23.0 Å². The first-order valence-electron chi connectivity index (χ1n) is 10.7. The van der Waals surface area contributed by atoms with E-state index in [1.165, 1.54) is 19.1 Å². The lowest BCUT2D eigenvalue weighted by atomic mass is 9.95. The molecule has 1 aliphatic rings. The molecule has 0 bridgehead atoms. The molecule has 1 fully saturated rings. The molecule has 3 aromatic carbocycles. The molecule has 34 heavy (non-hydrogen) atoms. The second-order valence-corrected chi connectivity index (χ2v) is 7.75. The van der Waals surface area contributed by atoms with Gasteiger partial charge in [-0.15, -0.1) is 0 Å². The molecular formula is C27H25NO6. The average Bonchev–Trinajstić information content (AvgIpc) is 3.13. The Hall–Kier alpha value is -4.26. The topological polar surface area (TPSA) is 85.3 Å².